The van der Waals surface area contributed by atoms with Crippen LogP contribution in [0.4, 0.5) is 9.59 Å². The van der Waals surface area contributed by atoms with Crippen LogP contribution in [0.15, 0.2) is 121 Å². The van der Waals surface area contributed by atoms with Crippen molar-refractivity contribution in [3.63, 3.8) is 0 Å². The molecule has 0 bridgehead atoms. The van der Waals surface area contributed by atoms with Crippen molar-refractivity contribution < 1.29 is 38.1 Å². The lowest BCUT2D eigenvalue weighted by atomic mass is 9.92. The maximum Gasteiger partial charge on any atom is 0.407 e. The lowest BCUT2D eigenvalue weighted by Crippen LogP contribution is -2.69. The van der Waals surface area contributed by atoms with Crippen LogP contribution in [0.25, 0.3) is 0 Å². The van der Waals surface area contributed by atoms with Crippen LogP contribution in [0.5, 0.6) is 0 Å². The molecule has 308 valence electrons. The fourth-order valence-corrected chi connectivity index (χ4v) is 16.7. The van der Waals surface area contributed by atoms with E-state index in [4.69, 9.17) is 18.3 Å². The zero-order valence-corrected chi connectivity index (χ0v) is 36.5. The number of hydrogen-bond donors (Lipinski definition) is 4. The van der Waals surface area contributed by atoms with Gasteiger partial charge in [-0.05, 0) is 43.7 Å². The summed E-state index contributed by atoms with van der Waals surface area (Å²) in [7, 11) is -6.35. The van der Waals surface area contributed by atoms with Crippen LogP contribution in [0.3, 0.4) is 0 Å². The molecule has 0 spiro atoms. The predicted octanol–water partition coefficient (Wildman–Crippen LogP) is 5.34. The average molecular weight is 815 g/mol. The van der Waals surface area contributed by atoms with E-state index >= 15 is 0 Å². The van der Waals surface area contributed by atoms with Crippen LogP contribution in [0, 0.1) is 5.41 Å². The van der Waals surface area contributed by atoms with Gasteiger partial charge in [-0.2, -0.15) is 0 Å². The highest BCUT2D eigenvalue weighted by atomic mass is 28.4. The molecule has 0 unspecified atom stereocenters. The maximum absolute atomic E-state index is 13.3. The van der Waals surface area contributed by atoms with Crippen molar-refractivity contribution in [3.05, 3.63) is 121 Å². The highest BCUT2D eigenvalue weighted by molar-refractivity contribution is 7.00. The molecule has 0 saturated heterocycles. The Morgan fingerprint density at radius 2 is 0.772 bits per heavy atom. The second kappa shape index (κ2) is 20.9. The van der Waals surface area contributed by atoms with E-state index in [1.165, 1.54) is 0 Å². The van der Waals surface area contributed by atoms with Gasteiger partial charge in [0.05, 0.1) is 5.41 Å². The van der Waals surface area contributed by atoms with Crippen molar-refractivity contribution in [2.45, 2.75) is 64.5 Å². The molecule has 0 atom stereocenters. The molecule has 0 radical (unpaired) electrons. The fraction of sp³-hybridized carbons (Fsp3) is 0.422. The Morgan fingerprint density at radius 3 is 1.02 bits per heavy atom. The normalized spacial score (nSPS) is 12.5. The third-order valence-corrected chi connectivity index (χ3v) is 20.2. The Hall–Kier alpha value is -4.31. The molecule has 0 aliphatic rings. The molecular formula is C45H62N2O8Si2. The third-order valence-electron chi connectivity index (χ3n) is 10.3. The molecule has 0 aromatic heterocycles. The van der Waals surface area contributed by atoms with Gasteiger partial charge < -0.3 is 39.2 Å². The predicted molar refractivity (Wildman–Crippen MR) is 232 cm³/mol. The third kappa shape index (κ3) is 11.4. The first-order valence-corrected chi connectivity index (χ1v) is 23.6. The molecule has 4 aromatic carbocycles. The second-order valence-electron chi connectivity index (χ2n) is 16.6. The molecule has 0 aliphatic carbocycles. The van der Waals surface area contributed by atoms with Gasteiger partial charge in [0, 0.05) is 39.5 Å². The molecule has 10 nitrogen and oxygen atoms in total. The number of ether oxygens (including phenoxy) is 2. The van der Waals surface area contributed by atoms with Crippen molar-refractivity contribution >= 4 is 49.6 Å². The first-order valence-electron chi connectivity index (χ1n) is 19.8. The van der Waals surface area contributed by atoms with Gasteiger partial charge in [0.15, 0.2) is 0 Å². The van der Waals surface area contributed by atoms with E-state index in [9.17, 15) is 19.8 Å². The molecule has 0 saturated carbocycles. The average Bonchev–Trinajstić information content (AvgIpc) is 3.20. The summed E-state index contributed by atoms with van der Waals surface area (Å²) in [6, 6.07) is 41.0. The van der Waals surface area contributed by atoms with Gasteiger partial charge in [-0.15, -0.1) is 0 Å². The number of aliphatic hydroxyl groups is 2. The van der Waals surface area contributed by atoms with E-state index in [2.05, 4.69) is 101 Å². The molecule has 4 N–H and O–H groups in total. The maximum atomic E-state index is 13.3. The van der Waals surface area contributed by atoms with Crippen LogP contribution < -0.4 is 31.4 Å². The molecule has 4 aromatic rings. The SMILES string of the molecule is CC(C)(C)[Si](OCC(COC(=O)NCCCO)(COC(=O)NCCCO)CO[Si](c1ccccc1)(c1ccccc1)C(C)(C)C)(c1ccccc1)c1ccccc1. The van der Waals surface area contributed by atoms with E-state index in [-0.39, 0.29) is 62.8 Å². The topological polar surface area (TPSA) is 136 Å². The van der Waals surface area contributed by atoms with Crippen LogP contribution in [-0.4, -0.2) is 91.8 Å². The second-order valence-corrected chi connectivity index (χ2v) is 25.2. The lowest BCUT2D eigenvalue weighted by molar-refractivity contribution is -0.0338. The zero-order chi connectivity index (χ0) is 41.4. The molecule has 12 heteroatoms. The number of alkyl carbamates (subject to hydrolysis) is 2. The Morgan fingerprint density at radius 1 is 0.491 bits per heavy atom. The van der Waals surface area contributed by atoms with Crippen LogP contribution in [-0.2, 0) is 18.3 Å². The smallest absolute Gasteiger partial charge is 0.407 e. The summed E-state index contributed by atoms with van der Waals surface area (Å²) >= 11 is 0. The zero-order valence-electron chi connectivity index (χ0n) is 34.5. The minimum atomic E-state index is -3.17. The Kier molecular flexibility index (Phi) is 16.7. The van der Waals surface area contributed by atoms with Crippen molar-refractivity contribution in [2.75, 3.05) is 52.7 Å². The van der Waals surface area contributed by atoms with E-state index in [0.717, 1.165) is 20.7 Å². The highest BCUT2D eigenvalue weighted by Crippen LogP contribution is 2.40. The first kappa shape index (κ1) is 45.4. The first-order chi connectivity index (χ1) is 27.2. The Labute approximate surface area is 341 Å². The molecule has 0 fully saturated rings. The van der Waals surface area contributed by atoms with E-state index in [0.29, 0.717) is 12.8 Å². The summed E-state index contributed by atoms with van der Waals surface area (Å²) in [5, 5.41) is 27.6. The highest BCUT2D eigenvalue weighted by Gasteiger charge is 2.54. The van der Waals surface area contributed by atoms with E-state index < -0.39 is 34.2 Å². The summed E-state index contributed by atoms with van der Waals surface area (Å²) < 4.78 is 27.1. The number of amides is 2. The Balaban J connectivity index is 1.92. The summed E-state index contributed by atoms with van der Waals surface area (Å²) in [6.07, 6.45) is -0.608. The van der Waals surface area contributed by atoms with Crippen molar-refractivity contribution in [1.29, 1.82) is 0 Å². The number of carbonyl (C=O) groups excluding carboxylic acids is 2. The van der Waals surface area contributed by atoms with Gasteiger partial charge in [-0.25, -0.2) is 9.59 Å². The number of carbonyl (C=O) groups is 2. The van der Waals surface area contributed by atoms with Gasteiger partial charge in [0.2, 0.25) is 0 Å². The number of rotatable bonds is 20. The van der Waals surface area contributed by atoms with Crippen molar-refractivity contribution in [2.24, 2.45) is 5.41 Å². The van der Waals surface area contributed by atoms with Gasteiger partial charge in [-0.3, -0.25) is 0 Å². The van der Waals surface area contributed by atoms with Crippen LogP contribution in [0.2, 0.25) is 10.1 Å². The minimum absolute atomic E-state index is 0.00627. The number of hydrogen-bond acceptors (Lipinski definition) is 8. The van der Waals surface area contributed by atoms with Gasteiger partial charge in [-0.1, -0.05) is 163 Å². The molecule has 57 heavy (non-hydrogen) atoms. The van der Waals surface area contributed by atoms with E-state index in [1.54, 1.807) is 0 Å². The number of benzene rings is 4. The molecule has 0 aliphatic heterocycles. The molecular weight excluding hydrogens is 753 g/mol. The van der Waals surface area contributed by atoms with Gasteiger partial charge >= 0.3 is 12.2 Å². The van der Waals surface area contributed by atoms with Crippen molar-refractivity contribution in [1.82, 2.24) is 10.6 Å². The monoisotopic (exact) mass is 814 g/mol. The largest absolute Gasteiger partial charge is 0.449 e. The summed E-state index contributed by atoms with van der Waals surface area (Å²) in [4.78, 5) is 26.5. The number of aliphatic hydroxyl groups excluding tert-OH is 2. The van der Waals surface area contributed by atoms with Crippen LogP contribution >= 0.6 is 0 Å². The quantitative estimate of drug-likeness (QED) is 0.0694. The summed E-state index contributed by atoms with van der Waals surface area (Å²) in [5.41, 5.74) is -1.22. The van der Waals surface area contributed by atoms with Gasteiger partial charge in [0.25, 0.3) is 16.6 Å². The van der Waals surface area contributed by atoms with Crippen molar-refractivity contribution in [3.8, 4) is 0 Å². The standard InChI is InChI=1S/C45H62N2O8Si2/c1-43(2,3)56(37-21-11-7-12-22-37,38-23-13-8-14-24-38)54-35-45(33-52-41(50)46-29-19-31-48,34-53-42(51)47-30-20-32-49)36-55-57(44(4,5)6,39-25-15-9-16-26-39)40-27-17-10-18-28-40/h7-18,21-28,48-49H,19-20,29-36H2,1-6H3,(H,46,50)(H,47,51). The molecule has 2 amide bonds. The molecule has 4 rings (SSSR count). The molecule has 0 heterocycles. The number of nitrogens with one attached hydrogen (secondary N) is 2. The van der Waals surface area contributed by atoms with Gasteiger partial charge in [0.1, 0.15) is 13.2 Å². The van der Waals surface area contributed by atoms with Crippen LogP contribution in [0.1, 0.15) is 54.4 Å². The fourth-order valence-electron chi connectivity index (χ4n) is 7.37. The summed E-state index contributed by atoms with van der Waals surface area (Å²) in [6.45, 7) is 13.0. The Bertz CT molecular complexity index is 1570. The minimum Gasteiger partial charge on any atom is -0.449 e. The lowest BCUT2D eigenvalue weighted by Gasteiger charge is -2.47. The summed E-state index contributed by atoms with van der Waals surface area (Å²) in [5.74, 6) is 0. The van der Waals surface area contributed by atoms with E-state index in [1.807, 2.05) is 72.8 Å².